The first-order valence-electron chi connectivity index (χ1n) is 8.13. The Morgan fingerprint density at radius 2 is 1.44 bits per heavy atom. The maximum atomic E-state index is 12.4. The van der Waals surface area contributed by atoms with Gasteiger partial charge in [0, 0.05) is 0 Å². The predicted molar refractivity (Wildman–Crippen MR) is 91.3 cm³/mol. The lowest BCUT2D eigenvalue weighted by Gasteiger charge is -2.25. The Balaban J connectivity index is 5.35. The summed E-state index contributed by atoms with van der Waals surface area (Å²) < 4.78 is 0. The number of rotatable bonds is 11. The molecule has 3 amide bonds. The summed E-state index contributed by atoms with van der Waals surface area (Å²) in [6.07, 6.45) is -2.29. The fourth-order valence-corrected chi connectivity index (χ4v) is 2.06. The van der Waals surface area contributed by atoms with Crippen molar-refractivity contribution in [1.29, 1.82) is 0 Å². The van der Waals surface area contributed by atoms with Crippen LogP contribution in [0.4, 0.5) is 0 Å². The normalized spacial score (nSPS) is 15.2. The number of nitrogens with one attached hydrogen (secondary N) is 3. The summed E-state index contributed by atoms with van der Waals surface area (Å²) in [6.45, 7) is 3.98. The molecule has 0 aromatic carbocycles. The molecule has 0 aromatic heterocycles. The minimum absolute atomic E-state index is 0.371. The van der Waals surface area contributed by atoms with Gasteiger partial charge in [0.05, 0.1) is 19.1 Å². The highest BCUT2D eigenvalue weighted by Gasteiger charge is 2.33. The summed E-state index contributed by atoms with van der Waals surface area (Å²) in [4.78, 5) is 58.1. The molecule has 4 unspecified atom stereocenters. The van der Waals surface area contributed by atoms with Crippen molar-refractivity contribution < 1.29 is 39.3 Å². The third-order valence-corrected chi connectivity index (χ3v) is 3.51. The average Bonchev–Trinajstić information content (AvgIpc) is 2.54. The van der Waals surface area contributed by atoms with Crippen molar-refractivity contribution in [3.8, 4) is 0 Å². The van der Waals surface area contributed by atoms with Gasteiger partial charge in [-0.3, -0.25) is 19.2 Å². The lowest BCUT2D eigenvalue weighted by Crippen LogP contribution is -2.59. The van der Waals surface area contributed by atoms with E-state index >= 15 is 0 Å². The molecular formula is C15H26N4O8. The first-order chi connectivity index (χ1) is 12.4. The van der Waals surface area contributed by atoms with Crippen LogP contribution in [0, 0.1) is 5.92 Å². The Kier molecular flexibility index (Phi) is 9.96. The number of hydrogen-bond donors (Lipinski definition) is 7. The van der Waals surface area contributed by atoms with Gasteiger partial charge in [0.15, 0.2) is 6.04 Å². The van der Waals surface area contributed by atoms with Crippen molar-refractivity contribution in [2.24, 2.45) is 11.7 Å². The maximum Gasteiger partial charge on any atom is 0.328 e. The average molecular weight is 390 g/mol. The quantitative estimate of drug-likeness (QED) is 0.191. The monoisotopic (exact) mass is 390 g/mol. The van der Waals surface area contributed by atoms with E-state index in [0.29, 0.717) is 0 Å². The third-order valence-electron chi connectivity index (χ3n) is 3.51. The fourth-order valence-electron chi connectivity index (χ4n) is 2.06. The summed E-state index contributed by atoms with van der Waals surface area (Å²) in [6, 6.07) is -4.40. The van der Waals surface area contributed by atoms with Gasteiger partial charge in [-0.1, -0.05) is 13.8 Å². The van der Waals surface area contributed by atoms with Crippen LogP contribution in [0.15, 0.2) is 0 Å². The number of carbonyl (C=O) groups is 5. The third kappa shape index (κ3) is 8.46. The number of aliphatic hydroxyl groups excluding tert-OH is 1. The van der Waals surface area contributed by atoms with Crippen LogP contribution in [0.3, 0.4) is 0 Å². The number of hydrogen-bond acceptors (Lipinski definition) is 7. The summed E-state index contributed by atoms with van der Waals surface area (Å²) >= 11 is 0. The van der Waals surface area contributed by atoms with Crippen molar-refractivity contribution in [2.45, 2.75) is 51.4 Å². The zero-order chi connectivity index (χ0) is 21.3. The van der Waals surface area contributed by atoms with Crippen molar-refractivity contribution in [2.75, 3.05) is 6.54 Å². The van der Waals surface area contributed by atoms with Gasteiger partial charge >= 0.3 is 11.9 Å². The zero-order valence-electron chi connectivity index (χ0n) is 15.3. The lowest BCUT2D eigenvalue weighted by atomic mass is 10.0. The molecule has 8 N–H and O–H groups in total. The Hall–Kier alpha value is -2.73. The number of aliphatic carboxylic acids is 2. The summed E-state index contributed by atoms with van der Waals surface area (Å²) in [5, 5.41) is 33.8. The zero-order valence-corrected chi connectivity index (χ0v) is 15.3. The summed E-state index contributed by atoms with van der Waals surface area (Å²) in [5.74, 6) is -5.93. The number of aliphatic hydroxyl groups is 1. The van der Waals surface area contributed by atoms with Crippen LogP contribution in [-0.2, 0) is 24.0 Å². The highest BCUT2D eigenvalue weighted by atomic mass is 16.4. The van der Waals surface area contributed by atoms with Gasteiger partial charge in [-0.05, 0) is 12.8 Å². The lowest BCUT2D eigenvalue weighted by molar-refractivity contribution is -0.146. The fraction of sp³-hybridized carbons (Fsp3) is 0.667. The molecule has 0 rings (SSSR count). The van der Waals surface area contributed by atoms with Crippen LogP contribution in [0.5, 0.6) is 0 Å². The minimum Gasteiger partial charge on any atom is -0.481 e. The Morgan fingerprint density at radius 1 is 0.889 bits per heavy atom. The number of carbonyl (C=O) groups excluding carboxylic acids is 3. The molecule has 0 aromatic rings. The van der Waals surface area contributed by atoms with Gasteiger partial charge in [0.25, 0.3) is 0 Å². The number of carboxylic acids is 2. The molecule has 4 atom stereocenters. The second kappa shape index (κ2) is 11.1. The molecule has 0 bridgehead atoms. The van der Waals surface area contributed by atoms with Gasteiger partial charge in [0.1, 0.15) is 12.1 Å². The molecule has 27 heavy (non-hydrogen) atoms. The van der Waals surface area contributed by atoms with E-state index in [1.54, 1.807) is 13.8 Å². The molecule has 0 aliphatic carbocycles. The number of carboxylic acid groups (broad SMARTS) is 2. The van der Waals surface area contributed by atoms with Crippen LogP contribution in [-0.4, -0.2) is 75.8 Å². The van der Waals surface area contributed by atoms with Crippen LogP contribution in [0.2, 0.25) is 0 Å². The Bertz CT molecular complexity index is 578. The highest BCUT2D eigenvalue weighted by Crippen LogP contribution is 2.04. The molecule has 12 heteroatoms. The van der Waals surface area contributed by atoms with Gasteiger partial charge in [-0.15, -0.1) is 0 Å². The van der Waals surface area contributed by atoms with E-state index in [2.05, 4.69) is 10.6 Å². The molecule has 154 valence electrons. The van der Waals surface area contributed by atoms with Crippen molar-refractivity contribution in [3.63, 3.8) is 0 Å². The maximum absolute atomic E-state index is 12.4. The topological polar surface area (TPSA) is 208 Å². The molecule has 0 saturated heterocycles. The largest absolute Gasteiger partial charge is 0.481 e. The van der Waals surface area contributed by atoms with Crippen LogP contribution >= 0.6 is 0 Å². The smallest absolute Gasteiger partial charge is 0.328 e. The van der Waals surface area contributed by atoms with E-state index in [-0.39, 0.29) is 6.54 Å². The summed E-state index contributed by atoms with van der Waals surface area (Å²) in [5.41, 5.74) is 5.18. The molecule has 0 aliphatic rings. The molecule has 0 spiro atoms. The second-order valence-corrected chi connectivity index (χ2v) is 6.22. The van der Waals surface area contributed by atoms with E-state index in [4.69, 9.17) is 15.9 Å². The molecule has 0 fully saturated rings. The Labute approximate surface area is 155 Å². The van der Waals surface area contributed by atoms with Gasteiger partial charge < -0.3 is 37.0 Å². The first kappa shape index (κ1) is 24.3. The Morgan fingerprint density at radius 3 is 1.81 bits per heavy atom. The molecular weight excluding hydrogens is 364 g/mol. The van der Waals surface area contributed by atoms with E-state index in [1.165, 1.54) is 0 Å². The van der Waals surface area contributed by atoms with Crippen LogP contribution in [0.25, 0.3) is 0 Å². The van der Waals surface area contributed by atoms with E-state index in [9.17, 15) is 29.1 Å². The van der Waals surface area contributed by atoms with E-state index in [1.807, 2.05) is 5.32 Å². The molecule has 0 radical (unpaired) electrons. The van der Waals surface area contributed by atoms with Crippen molar-refractivity contribution in [1.82, 2.24) is 16.0 Å². The molecule has 0 heterocycles. The summed E-state index contributed by atoms with van der Waals surface area (Å²) in [7, 11) is 0. The molecule has 0 aliphatic heterocycles. The van der Waals surface area contributed by atoms with Gasteiger partial charge in [-0.25, -0.2) is 4.79 Å². The van der Waals surface area contributed by atoms with Crippen molar-refractivity contribution >= 4 is 29.7 Å². The standard InChI is InChI=1S/C15H26N4O8/c1-6(2)11(18-9(21)5-16)14(25)17-8(4-10(22)23)13(24)19-12(7(3)20)15(26)27/h6-8,11-12,20H,4-5,16H2,1-3H3,(H,17,25)(H,18,21)(H,19,24)(H,22,23)(H,26,27). The first-order valence-corrected chi connectivity index (χ1v) is 8.13. The molecule has 12 nitrogen and oxygen atoms in total. The van der Waals surface area contributed by atoms with Gasteiger partial charge in [-0.2, -0.15) is 0 Å². The second-order valence-electron chi connectivity index (χ2n) is 6.22. The number of amides is 3. The SMILES string of the molecule is CC(C)C(NC(=O)CN)C(=O)NC(CC(=O)O)C(=O)NC(C(=O)O)C(C)O. The minimum atomic E-state index is -1.69. The van der Waals surface area contributed by atoms with Gasteiger partial charge in [0.2, 0.25) is 17.7 Å². The highest BCUT2D eigenvalue weighted by molar-refractivity contribution is 5.95. The molecule has 0 saturated carbocycles. The van der Waals surface area contributed by atoms with Crippen LogP contribution in [0.1, 0.15) is 27.2 Å². The van der Waals surface area contributed by atoms with E-state index < -0.39 is 66.2 Å². The van der Waals surface area contributed by atoms with E-state index in [0.717, 1.165) is 6.92 Å². The van der Waals surface area contributed by atoms with Crippen LogP contribution < -0.4 is 21.7 Å². The number of nitrogens with two attached hydrogens (primary N) is 1. The predicted octanol–water partition coefficient (Wildman–Crippen LogP) is -3.00. The van der Waals surface area contributed by atoms with Crippen molar-refractivity contribution in [3.05, 3.63) is 0 Å².